The monoisotopic (exact) mass is 918 g/mol. The molecule has 0 unspecified atom stereocenters. The van der Waals surface area contributed by atoms with Crippen LogP contribution in [-0.4, -0.2) is 19.1 Å². The second kappa shape index (κ2) is 13.1. The van der Waals surface area contributed by atoms with Gasteiger partial charge in [-0.25, -0.2) is 9.97 Å². The molecule has 0 aliphatic carbocycles. The fraction of sp³-hybridized carbons (Fsp3) is 0.106. The van der Waals surface area contributed by atoms with Gasteiger partial charge in [0.2, 0.25) is 0 Å². The molecule has 56 heavy (non-hydrogen) atoms. The molecule has 5 nitrogen and oxygen atoms in total. The maximum absolute atomic E-state index is 14.2. The predicted molar refractivity (Wildman–Crippen MR) is 215 cm³/mol. The Morgan fingerprint density at radius 1 is 0.625 bits per heavy atom. The minimum absolute atomic E-state index is 0. The Bertz CT molecular complexity index is 3130. The van der Waals surface area contributed by atoms with Gasteiger partial charge in [-0.05, 0) is 75.1 Å². The van der Waals surface area contributed by atoms with Crippen LogP contribution in [0.3, 0.4) is 0 Å². The van der Waals surface area contributed by atoms with Crippen molar-refractivity contribution >= 4 is 54.6 Å². The number of para-hydroxylation sites is 3. The molecule has 276 valence electrons. The van der Waals surface area contributed by atoms with E-state index in [0.717, 1.165) is 72.2 Å². The van der Waals surface area contributed by atoms with Crippen molar-refractivity contribution in [1.29, 1.82) is 0 Å². The molecular weight excluding hydrogens is 887 g/mol. The molecule has 0 radical (unpaired) electrons. The van der Waals surface area contributed by atoms with Crippen LogP contribution in [0.25, 0.3) is 88.7 Å². The smallest absolute Gasteiger partial charge is 0.656 e. The summed E-state index contributed by atoms with van der Waals surface area (Å²) in [4.78, 5) is 15.0. The van der Waals surface area contributed by atoms with Gasteiger partial charge in [0, 0.05) is 23.0 Å². The molecule has 0 amide bonds. The molecule has 0 saturated heterocycles. The number of aromatic nitrogens is 5. The molecule has 10 rings (SSSR count). The van der Waals surface area contributed by atoms with E-state index in [1.807, 2.05) is 83.4 Å². The molecule has 0 saturated carbocycles. The SMILES string of the molecule is CC(C)(C)c1ccc2c(c1)c1ccc(-c3cccc4c3nc(-c3cccc5c3[n-]c3ccccc35)n4-c3cccc(C(F)(F)F)c3)[c-]c1n2-c1ccccn1.[Pt+2]. The third-order valence-corrected chi connectivity index (χ3v) is 10.5. The van der Waals surface area contributed by atoms with Gasteiger partial charge in [0.25, 0.3) is 0 Å². The van der Waals surface area contributed by atoms with Crippen LogP contribution in [-0.2, 0) is 32.7 Å². The van der Waals surface area contributed by atoms with Crippen molar-refractivity contribution in [2.75, 3.05) is 0 Å². The zero-order valence-corrected chi connectivity index (χ0v) is 32.7. The van der Waals surface area contributed by atoms with Gasteiger partial charge in [0.05, 0.1) is 16.6 Å². The Morgan fingerprint density at radius 3 is 2.20 bits per heavy atom. The number of fused-ring (bicyclic) bond motifs is 7. The number of pyridine rings is 1. The maximum atomic E-state index is 14.2. The van der Waals surface area contributed by atoms with Crippen LogP contribution >= 0.6 is 0 Å². The van der Waals surface area contributed by atoms with E-state index >= 15 is 0 Å². The summed E-state index contributed by atoms with van der Waals surface area (Å²) in [7, 11) is 0. The van der Waals surface area contributed by atoms with E-state index in [0.29, 0.717) is 22.5 Å². The summed E-state index contributed by atoms with van der Waals surface area (Å²) in [6, 6.07) is 45.4. The number of benzene rings is 6. The van der Waals surface area contributed by atoms with Gasteiger partial charge in [-0.1, -0.05) is 111 Å². The topological polar surface area (TPSA) is 49.7 Å². The van der Waals surface area contributed by atoms with E-state index in [9.17, 15) is 13.2 Å². The number of rotatable bonds is 4. The van der Waals surface area contributed by atoms with Crippen molar-refractivity contribution in [3.05, 3.63) is 157 Å². The van der Waals surface area contributed by atoms with Crippen molar-refractivity contribution in [3.63, 3.8) is 0 Å². The quantitative estimate of drug-likeness (QED) is 0.165. The van der Waals surface area contributed by atoms with Crippen LogP contribution in [0, 0.1) is 6.07 Å². The van der Waals surface area contributed by atoms with Crippen LogP contribution < -0.4 is 4.98 Å². The molecule has 0 fully saturated rings. The summed E-state index contributed by atoms with van der Waals surface area (Å²) < 4.78 is 46.4. The normalized spacial score (nSPS) is 12.3. The van der Waals surface area contributed by atoms with Gasteiger partial charge in [-0.15, -0.1) is 34.8 Å². The van der Waals surface area contributed by atoms with Gasteiger partial charge in [0.15, 0.2) is 0 Å². The maximum Gasteiger partial charge on any atom is 2.00 e. The molecule has 4 aromatic heterocycles. The van der Waals surface area contributed by atoms with E-state index < -0.39 is 11.7 Å². The van der Waals surface area contributed by atoms with Crippen molar-refractivity contribution in [2.45, 2.75) is 32.4 Å². The fourth-order valence-corrected chi connectivity index (χ4v) is 7.85. The second-order valence-corrected chi connectivity index (χ2v) is 15.0. The number of imidazole rings is 1. The summed E-state index contributed by atoms with van der Waals surface area (Å²) in [6.07, 6.45) is -2.74. The van der Waals surface area contributed by atoms with Crippen LogP contribution in [0.2, 0.25) is 0 Å². The van der Waals surface area contributed by atoms with E-state index in [1.54, 1.807) is 12.3 Å². The molecule has 6 aromatic carbocycles. The van der Waals surface area contributed by atoms with E-state index in [4.69, 9.17) is 15.0 Å². The third-order valence-electron chi connectivity index (χ3n) is 10.5. The summed E-state index contributed by atoms with van der Waals surface area (Å²) in [5.41, 5.74) is 7.86. The third kappa shape index (κ3) is 5.65. The molecule has 0 aliphatic rings. The Morgan fingerprint density at radius 2 is 1.39 bits per heavy atom. The van der Waals surface area contributed by atoms with Crippen molar-refractivity contribution in [1.82, 2.24) is 24.1 Å². The van der Waals surface area contributed by atoms with Gasteiger partial charge >= 0.3 is 27.2 Å². The van der Waals surface area contributed by atoms with Gasteiger partial charge in [-0.2, -0.15) is 13.2 Å². The summed E-state index contributed by atoms with van der Waals surface area (Å²) in [5, 5.41) is 4.10. The number of alkyl halides is 3. The summed E-state index contributed by atoms with van der Waals surface area (Å²) >= 11 is 0. The first-order valence-corrected chi connectivity index (χ1v) is 18.1. The average Bonchev–Trinajstić information content (AvgIpc) is 3.87. The molecule has 0 atom stereocenters. The summed E-state index contributed by atoms with van der Waals surface area (Å²) in [6.45, 7) is 6.63. The second-order valence-electron chi connectivity index (χ2n) is 15.0. The van der Waals surface area contributed by atoms with E-state index in [-0.39, 0.29) is 26.5 Å². The van der Waals surface area contributed by atoms with Crippen molar-refractivity contribution < 1.29 is 34.2 Å². The largest absolute Gasteiger partial charge is 2.00 e. The van der Waals surface area contributed by atoms with Crippen LogP contribution in [0.15, 0.2) is 140 Å². The van der Waals surface area contributed by atoms with E-state index in [2.05, 4.69) is 61.7 Å². The summed E-state index contributed by atoms with van der Waals surface area (Å²) in [5.74, 6) is 1.27. The molecule has 10 aromatic rings. The Hall–Kier alpha value is -5.98. The minimum Gasteiger partial charge on any atom is -0.656 e. The molecular formula is C47H32F3N5Pt. The number of hydrogen-bond acceptors (Lipinski definition) is 2. The Balaban J connectivity index is 0.00000410. The fourth-order valence-electron chi connectivity index (χ4n) is 7.85. The average molecular weight is 919 g/mol. The van der Waals surface area contributed by atoms with Crippen LogP contribution in [0.4, 0.5) is 13.2 Å². The van der Waals surface area contributed by atoms with Crippen LogP contribution in [0.1, 0.15) is 31.9 Å². The zero-order valence-electron chi connectivity index (χ0n) is 30.5. The first kappa shape index (κ1) is 35.7. The van der Waals surface area contributed by atoms with Crippen molar-refractivity contribution in [3.8, 4) is 34.0 Å². The molecule has 9 heteroatoms. The van der Waals surface area contributed by atoms with Crippen molar-refractivity contribution in [2.24, 2.45) is 0 Å². The molecule has 4 heterocycles. The van der Waals surface area contributed by atoms with Crippen LogP contribution in [0.5, 0.6) is 0 Å². The van der Waals surface area contributed by atoms with E-state index in [1.165, 1.54) is 17.7 Å². The molecule has 0 aliphatic heterocycles. The number of halogens is 3. The Kier molecular flexibility index (Phi) is 8.33. The Labute approximate surface area is 334 Å². The molecule has 0 N–H and O–H groups in total. The van der Waals surface area contributed by atoms with Gasteiger partial charge < -0.3 is 9.55 Å². The first-order chi connectivity index (χ1) is 26.5. The minimum atomic E-state index is -4.52. The van der Waals surface area contributed by atoms with Gasteiger partial charge in [0.1, 0.15) is 11.6 Å². The number of hydrogen-bond donors (Lipinski definition) is 0. The first-order valence-electron chi connectivity index (χ1n) is 18.1. The predicted octanol–water partition coefficient (Wildman–Crippen LogP) is 12.2. The molecule has 0 bridgehead atoms. The zero-order chi connectivity index (χ0) is 37.6. The number of nitrogens with zero attached hydrogens (tertiary/aromatic N) is 5. The molecule has 0 spiro atoms. The van der Waals surface area contributed by atoms with Gasteiger partial charge in [-0.3, -0.25) is 4.57 Å². The standard InChI is InChI=1S/C47H32F3N5.Pt/c1-46(2,3)29-21-23-39-37(27-29)34-22-20-28(25-41(34)55(39)42-19-6-7-24-51-42)32-14-10-18-40-44(32)53-45(54(40)31-12-8-11-30(26-31)47(48,49)50)36-16-9-15-35-33-13-4-5-17-38(33)52-43(35)36;/h4-24,26-27H,1-3H3;/q-2;+2.